The van der Waals surface area contributed by atoms with Gasteiger partial charge < -0.3 is 10.2 Å². The Bertz CT molecular complexity index is 1230. The van der Waals surface area contributed by atoms with Crippen molar-refractivity contribution in [3.8, 4) is 10.4 Å². The molecule has 0 spiro atoms. The van der Waals surface area contributed by atoms with Crippen molar-refractivity contribution in [1.29, 1.82) is 0 Å². The van der Waals surface area contributed by atoms with Crippen molar-refractivity contribution in [1.82, 2.24) is 20.2 Å². The van der Waals surface area contributed by atoms with Gasteiger partial charge in [0.2, 0.25) is 5.91 Å². The number of fused-ring (bicyclic) bond motifs is 1. The zero-order valence-corrected chi connectivity index (χ0v) is 19.5. The van der Waals surface area contributed by atoms with E-state index in [1.807, 2.05) is 36.4 Å². The smallest absolute Gasteiger partial charge is 0.234 e. The molecule has 2 aromatic carbocycles. The SMILES string of the molecule is Cc1c(-c2ccccc2)sc2ncnc(N3CCN(CC(=O)NCc4ccccc4)CC3)c12. The summed E-state index contributed by atoms with van der Waals surface area (Å²) in [6, 6.07) is 20.5. The van der Waals surface area contributed by atoms with E-state index in [4.69, 9.17) is 0 Å². The maximum Gasteiger partial charge on any atom is 0.234 e. The van der Waals surface area contributed by atoms with E-state index in [-0.39, 0.29) is 5.91 Å². The number of nitrogens with zero attached hydrogens (tertiary/aromatic N) is 4. The van der Waals surface area contributed by atoms with Crippen LogP contribution in [0.25, 0.3) is 20.7 Å². The van der Waals surface area contributed by atoms with E-state index >= 15 is 0 Å². The lowest BCUT2D eigenvalue weighted by atomic mass is 10.1. The summed E-state index contributed by atoms with van der Waals surface area (Å²) in [6.07, 6.45) is 1.67. The average molecular weight is 458 g/mol. The van der Waals surface area contributed by atoms with Crippen LogP contribution in [-0.4, -0.2) is 53.5 Å². The first-order valence-electron chi connectivity index (χ1n) is 11.3. The first kappa shape index (κ1) is 21.6. The van der Waals surface area contributed by atoms with Crippen molar-refractivity contribution in [3.63, 3.8) is 0 Å². The second-order valence-corrected chi connectivity index (χ2v) is 9.32. The maximum absolute atomic E-state index is 12.4. The zero-order chi connectivity index (χ0) is 22.6. The van der Waals surface area contributed by atoms with Gasteiger partial charge in [-0.3, -0.25) is 9.69 Å². The Hall–Kier alpha value is -3.29. The number of hydrogen-bond acceptors (Lipinski definition) is 6. The molecule has 0 radical (unpaired) electrons. The number of carbonyl (C=O) groups excluding carboxylic acids is 1. The lowest BCUT2D eigenvalue weighted by Crippen LogP contribution is -2.49. The predicted molar refractivity (Wildman–Crippen MR) is 135 cm³/mol. The number of anilines is 1. The third-order valence-corrected chi connectivity index (χ3v) is 7.36. The van der Waals surface area contributed by atoms with Crippen molar-refractivity contribution in [2.45, 2.75) is 13.5 Å². The molecule has 2 aromatic heterocycles. The summed E-state index contributed by atoms with van der Waals surface area (Å²) < 4.78 is 0. The van der Waals surface area contributed by atoms with Crippen molar-refractivity contribution in [2.75, 3.05) is 37.6 Å². The molecule has 1 fully saturated rings. The van der Waals surface area contributed by atoms with Gasteiger partial charge in [0.1, 0.15) is 17.0 Å². The topological polar surface area (TPSA) is 61.4 Å². The molecule has 168 valence electrons. The minimum Gasteiger partial charge on any atom is -0.353 e. The van der Waals surface area contributed by atoms with Gasteiger partial charge in [0, 0.05) is 37.6 Å². The summed E-state index contributed by atoms with van der Waals surface area (Å²) in [7, 11) is 0. The normalized spacial score (nSPS) is 14.5. The number of benzene rings is 2. The molecule has 5 rings (SSSR count). The van der Waals surface area contributed by atoms with Crippen molar-refractivity contribution in [3.05, 3.63) is 78.1 Å². The number of nitrogens with one attached hydrogen (secondary N) is 1. The summed E-state index contributed by atoms with van der Waals surface area (Å²) in [4.78, 5) is 28.5. The standard InChI is InChI=1S/C26H27N5OS/c1-19-23-25(28-18-29-26(23)33-24(19)21-10-6-3-7-11-21)31-14-12-30(13-15-31)17-22(32)27-16-20-8-4-2-5-9-20/h2-11,18H,12-17H2,1H3,(H,27,32). The van der Waals surface area contributed by atoms with Crippen LogP contribution in [0.2, 0.25) is 0 Å². The number of amides is 1. The Kier molecular flexibility index (Phi) is 6.32. The lowest BCUT2D eigenvalue weighted by Gasteiger charge is -2.35. The van der Waals surface area contributed by atoms with Crippen molar-refractivity contribution in [2.24, 2.45) is 0 Å². The Labute approximate surface area is 197 Å². The summed E-state index contributed by atoms with van der Waals surface area (Å²) in [5.41, 5.74) is 3.57. The van der Waals surface area contributed by atoms with Gasteiger partial charge in [0.05, 0.1) is 11.9 Å². The minimum atomic E-state index is 0.0675. The van der Waals surface area contributed by atoms with Crippen LogP contribution >= 0.6 is 11.3 Å². The maximum atomic E-state index is 12.4. The fourth-order valence-corrected chi connectivity index (χ4v) is 5.48. The molecular weight excluding hydrogens is 430 g/mol. The van der Waals surface area contributed by atoms with Crippen molar-refractivity contribution >= 4 is 33.3 Å². The molecule has 1 aliphatic rings. The summed E-state index contributed by atoms with van der Waals surface area (Å²) in [5.74, 6) is 1.07. The molecule has 1 amide bonds. The highest BCUT2D eigenvalue weighted by Crippen LogP contribution is 2.40. The van der Waals surface area contributed by atoms with Crippen LogP contribution in [0.5, 0.6) is 0 Å². The summed E-state index contributed by atoms with van der Waals surface area (Å²) in [5, 5.41) is 4.17. The van der Waals surface area contributed by atoms with Gasteiger partial charge in [-0.2, -0.15) is 0 Å². The number of aromatic nitrogens is 2. The average Bonchev–Trinajstić information content (AvgIpc) is 3.21. The molecule has 1 saturated heterocycles. The third kappa shape index (κ3) is 4.74. The van der Waals surface area contributed by atoms with Crippen molar-refractivity contribution < 1.29 is 4.79 Å². The minimum absolute atomic E-state index is 0.0675. The molecule has 0 saturated carbocycles. The molecule has 3 heterocycles. The van der Waals surface area contributed by atoms with Crippen LogP contribution in [0, 0.1) is 6.92 Å². The Morgan fingerprint density at radius 1 is 0.970 bits per heavy atom. The number of rotatable bonds is 6. The number of aryl methyl sites for hydroxylation is 1. The second kappa shape index (κ2) is 9.68. The van der Waals surface area contributed by atoms with Crippen LogP contribution in [0.4, 0.5) is 5.82 Å². The van der Waals surface area contributed by atoms with Gasteiger partial charge >= 0.3 is 0 Å². The highest BCUT2D eigenvalue weighted by Gasteiger charge is 2.24. The van der Waals surface area contributed by atoms with E-state index in [0.717, 1.165) is 47.8 Å². The monoisotopic (exact) mass is 457 g/mol. The van der Waals surface area contributed by atoms with E-state index in [1.165, 1.54) is 16.0 Å². The number of carbonyl (C=O) groups is 1. The quantitative estimate of drug-likeness (QED) is 0.472. The molecule has 0 unspecified atom stereocenters. The molecule has 6 nitrogen and oxygen atoms in total. The molecule has 0 bridgehead atoms. The van der Waals surface area contributed by atoms with E-state index < -0.39 is 0 Å². The second-order valence-electron chi connectivity index (χ2n) is 8.33. The van der Waals surface area contributed by atoms with Gasteiger partial charge in [-0.05, 0) is 23.6 Å². The molecule has 4 aromatic rings. The van der Waals surface area contributed by atoms with Crippen LogP contribution < -0.4 is 10.2 Å². The number of thiophene rings is 1. The molecule has 7 heteroatoms. The third-order valence-electron chi connectivity index (χ3n) is 6.11. The molecule has 33 heavy (non-hydrogen) atoms. The Balaban J connectivity index is 1.24. The van der Waals surface area contributed by atoms with Crippen LogP contribution in [-0.2, 0) is 11.3 Å². The van der Waals surface area contributed by atoms with Crippen LogP contribution in [0.1, 0.15) is 11.1 Å². The molecular formula is C26H27N5OS. The molecule has 0 aliphatic carbocycles. The van der Waals surface area contributed by atoms with Gasteiger partial charge in [-0.25, -0.2) is 9.97 Å². The van der Waals surface area contributed by atoms with Gasteiger partial charge in [0.15, 0.2) is 0 Å². The van der Waals surface area contributed by atoms with Crippen LogP contribution in [0.3, 0.4) is 0 Å². The fourth-order valence-electron chi connectivity index (χ4n) is 4.33. The number of piperazine rings is 1. The summed E-state index contributed by atoms with van der Waals surface area (Å²) in [6.45, 7) is 6.51. The highest BCUT2D eigenvalue weighted by molar-refractivity contribution is 7.22. The Morgan fingerprint density at radius 3 is 2.39 bits per heavy atom. The highest BCUT2D eigenvalue weighted by atomic mass is 32.1. The van der Waals surface area contributed by atoms with E-state index in [9.17, 15) is 4.79 Å². The molecule has 1 aliphatic heterocycles. The first-order valence-corrected chi connectivity index (χ1v) is 12.1. The van der Waals surface area contributed by atoms with Crippen LogP contribution in [0.15, 0.2) is 67.0 Å². The van der Waals surface area contributed by atoms with Gasteiger partial charge in [-0.15, -0.1) is 11.3 Å². The largest absolute Gasteiger partial charge is 0.353 e. The van der Waals surface area contributed by atoms with E-state index in [1.54, 1.807) is 17.7 Å². The van der Waals surface area contributed by atoms with E-state index in [0.29, 0.717) is 13.1 Å². The Morgan fingerprint density at radius 2 is 1.67 bits per heavy atom. The predicted octanol–water partition coefficient (Wildman–Crippen LogP) is 4.11. The number of hydrogen-bond donors (Lipinski definition) is 1. The van der Waals surface area contributed by atoms with Gasteiger partial charge in [-0.1, -0.05) is 60.7 Å². The zero-order valence-electron chi connectivity index (χ0n) is 18.7. The van der Waals surface area contributed by atoms with E-state index in [2.05, 4.69) is 56.3 Å². The first-order chi connectivity index (χ1) is 16.2. The summed E-state index contributed by atoms with van der Waals surface area (Å²) >= 11 is 1.73. The molecule has 0 atom stereocenters. The fraction of sp³-hybridized carbons (Fsp3) is 0.269. The molecule has 1 N–H and O–H groups in total. The van der Waals surface area contributed by atoms with Gasteiger partial charge in [0.25, 0.3) is 0 Å². The lowest BCUT2D eigenvalue weighted by molar-refractivity contribution is -0.122.